The van der Waals surface area contributed by atoms with Gasteiger partial charge in [-0.3, -0.25) is 13.6 Å². The molecule has 300 valence electrons. The summed E-state index contributed by atoms with van der Waals surface area (Å²) in [6, 6.07) is 0. The van der Waals surface area contributed by atoms with Gasteiger partial charge < -0.3 is 44.6 Å². The molecule has 8 N–H and O–H groups in total. The molecule has 32 heteroatoms. The Morgan fingerprint density at radius 3 is 1.56 bits per heavy atom. The Kier molecular flexibility index (Phi) is 23.9. The van der Waals surface area contributed by atoms with Gasteiger partial charge in [0, 0.05) is 36.2 Å². The molecule has 0 bridgehead atoms. The van der Waals surface area contributed by atoms with Crippen molar-refractivity contribution in [3.63, 3.8) is 0 Å². The fraction of sp³-hybridized carbons (Fsp3) is 0.455. The summed E-state index contributed by atoms with van der Waals surface area (Å²) >= 11 is 0. The molecule has 5 unspecified atom stereocenters. The van der Waals surface area contributed by atoms with E-state index in [2.05, 4.69) is 137 Å². The van der Waals surface area contributed by atoms with E-state index >= 15 is 0 Å². The predicted molar refractivity (Wildman–Crippen MR) is 144 cm³/mol. The number of esters is 1. The second-order valence-corrected chi connectivity index (χ2v) is 10.8. The predicted octanol–water partition coefficient (Wildman–Crippen LogP) is -3.82. The molecule has 0 spiro atoms. The summed E-state index contributed by atoms with van der Waals surface area (Å²) in [5, 5.41) is 89.8. The van der Waals surface area contributed by atoms with Crippen LogP contribution in [-0.2, 0) is 102 Å². The van der Waals surface area contributed by atoms with E-state index in [9.17, 15) is 44.0 Å². The number of hydrogen-bond acceptors (Lipinski definition) is 27. The first-order chi connectivity index (χ1) is 25.6. The van der Waals surface area contributed by atoms with E-state index in [0.717, 1.165) is 0 Å². The molecule has 0 saturated heterocycles. The van der Waals surface area contributed by atoms with Crippen molar-refractivity contribution in [3.8, 4) is 59.2 Å². The van der Waals surface area contributed by atoms with Crippen LogP contribution >= 0.6 is 15.6 Å². The van der Waals surface area contributed by atoms with Crippen LogP contribution in [-0.4, -0.2) is 108 Å². The molecule has 0 amide bonds. The van der Waals surface area contributed by atoms with Crippen molar-refractivity contribution in [1.29, 1.82) is 0 Å². The van der Waals surface area contributed by atoms with Crippen LogP contribution in [0.15, 0.2) is 0 Å². The molecule has 0 radical (unpaired) electrons. The molecule has 30 nitrogen and oxygen atoms in total. The molecule has 0 aromatic carbocycles. The van der Waals surface area contributed by atoms with Crippen LogP contribution in [0.25, 0.3) is 0 Å². The first-order valence-electron chi connectivity index (χ1n) is 12.8. The van der Waals surface area contributed by atoms with Crippen LogP contribution in [0.4, 0.5) is 4.79 Å². The van der Waals surface area contributed by atoms with Crippen LogP contribution in [0.3, 0.4) is 0 Å². The third kappa shape index (κ3) is 21.7. The van der Waals surface area contributed by atoms with E-state index in [1.807, 2.05) is 5.92 Å². The first-order valence-corrected chi connectivity index (χ1v) is 15.9. The van der Waals surface area contributed by atoms with Gasteiger partial charge in [0.1, 0.15) is 43.2 Å². The van der Waals surface area contributed by atoms with Crippen LogP contribution < -0.4 is 0 Å². The summed E-state index contributed by atoms with van der Waals surface area (Å²) in [7, 11) is -10.9. The average Bonchev–Trinajstić information content (AvgIpc) is 3.11. The molecule has 1 fully saturated rings. The lowest BCUT2D eigenvalue weighted by Crippen LogP contribution is -2.64. The highest BCUT2D eigenvalue weighted by atomic mass is 31.2. The Morgan fingerprint density at radius 1 is 0.630 bits per heavy atom. The first kappa shape index (κ1) is 48.1. The molecular weight excluding hydrogens is 806 g/mol. The molecule has 54 heavy (non-hydrogen) atoms. The highest BCUT2D eigenvalue weighted by molar-refractivity contribution is 7.47. The van der Waals surface area contributed by atoms with Crippen LogP contribution in [0.1, 0.15) is 6.92 Å². The van der Waals surface area contributed by atoms with Crippen molar-refractivity contribution in [1.82, 2.24) is 0 Å². The number of carbonyl (C=O) groups excluding carboxylic acids is 2. The number of aliphatic hydroxyl groups is 4. The Hall–Kier alpha value is -3.92. The van der Waals surface area contributed by atoms with Gasteiger partial charge in [0.2, 0.25) is 0 Å². The molecule has 1 saturated carbocycles. The second kappa shape index (κ2) is 26.8. The summed E-state index contributed by atoms with van der Waals surface area (Å²) in [5.41, 5.74) is 0. The van der Waals surface area contributed by atoms with E-state index in [4.69, 9.17) is 19.8 Å². The summed E-state index contributed by atoms with van der Waals surface area (Å²) in [4.78, 5) is 55.8. The van der Waals surface area contributed by atoms with Crippen molar-refractivity contribution in [2.45, 2.75) is 49.7 Å². The fourth-order valence-corrected chi connectivity index (χ4v) is 4.46. The van der Waals surface area contributed by atoms with E-state index in [-0.39, 0.29) is 0 Å². The van der Waals surface area contributed by atoms with Crippen molar-refractivity contribution in [2.75, 3.05) is 13.2 Å². The topological polar surface area (TPSA) is 396 Å². The maximum Gasteiger partial charge on any atom is 0.543 e. The maximum absolute atomic E-state index is 12.6. The second-order valence-electron chi connectivity index (χ2n) is 8.23. The van der Waals surface area contributed by atoms with Gasteiger partial charge in [-0.1, -0.05) is 5.92 Å². The molecule has 1 aliphatic rings. The number of phosphoric acid groups is 2. The monoisotopic (exact) mass is 828 g/mol. The van der Waals surface area contributed by atoms with Crippen molar-refractivity contribution in [2.24, 2.45) is 0 Å². The fourth-order valence-electron chi connectivity index (χ4n) is 2.92. The lowest BCUT2D eigenvalue weighted by Gasteiger charge is -2.43. The van der Waals surface area contributed by atoms with Gasteiger partial charge in [0.05, 0.1) is 6.61 Å². The molecular formula is C22H22O30P2. The summed E-state index contributed by atoms with van der Waals surface area (Å²) in [6.07, 6.45) is -18.3. The number of carbonyl (C=O) groups is 2. The van der Waals surface area contributed by atoms with Crippen LogP contribution in [0.2, 0.25) is 0 Å². The smallest absolute Gasteiger partial charge is 0.452 e. The van der Waals surface area contributed by atoms with Gasteiger partial charge in [-0.15, -0.1) is 0 Å². The van der Waals surface area contributed by atoms with Crippen molar-refractivity contribution in [3.05, 3.63) is 0 Å². The van der Waals surface area contributed by atoms with E-state index in [1.165, 1.54) is 0 Å². The molecule has 0 aromatic rings. The normalized spacial score (nSPS) is 21.9. The summed E-state index contributed by atoms with van der Waals surface area (Å²) in [5.74, 6) is 21.2. The highest BCUT2D eigenvalue weighted by Gasteiger charge is 2.54. The average molecular weight is 828 g/mol. The van der Waals surface area contributed by atoms with Gasteiger partial charge >= 0.3 is 27.8 Å². The summed E-state index contributed by atoms with van der Waals surface area (Å²) < 4.78 is 46.4. The SMILES string of the molecule is CC#CC#CC#CC#CC#CC(=O)OC[C@H](COP(=O)(O)OC1C(O)[C@H](O)C(OP(=O)(O)O)C(O)[C@@H]1O)OC(=O)OOOOOOOOOOOOOO. The van der Waals surface area contributed by atoms with Crippen molar-refractivity contribution < 1.29 is 147 Å². The maximum atomic E-state index is 12.6. The van der Waals surface area contributed by atoms with Crippen LogP contribution in [0, 0.1) is 59.2 Å². The standard InChI is InChI=1S/C22H22O30P2/c1-2-3-4-5-6-7-8-9-10-11-15(23)35-12-14(37-22(28)38-42-44-46-48-50-52-51-49-47-45-43-41-29)13-36-54(33,34)40-21-18(26)16(24)20(17(25)19(21)27)39-53(30,31)32/h14,16-21,24-27,29H,12-13H2,1H3,(H,33,34)(H2,30,31,32)/t14-,16+,17?,18?,19+,20?,21?/m1/s1. The zero-order chi connectivity index (χ0) is 40.4. The van der Waals surface area contributed by atoms with Gasteiger partial charge in [0.15, 0.2) is 6.10 Å². The molecule has 8 atom stereocenters. The lowest BCUT2D eigenvalue weighted by molar-refractivity contribution is -0.874. The van der Waals surface area contributed by atoms with Gasteiger partial charge in [-0.05, 0) is 84.5 Å². The minimum absolute atomic E-state index is 1.04. The van der Waals surface area contributed by atoms with Gasteiger partial charge in [-0.2, -0.15) is 0 Å². The third-order valence-corrected chi connectivity index (χ3v) is 6.29. The number of hydrogen-bond donors (Lipinski definition) is 8. The molecule has 1 rings (SSSR count). The zero-order valence-corrected chi connectivity index (χ0v) is 27.7. The minimum atomic E-state index is -5.54. The number of aliphatic hydroxyl groups excluding tert-OH is 4. The minimum Gasteiger partial charge on any atom is -0.452 e. The lowest BCUT2D eigenvalue weighted by atomic mass is 9.85. The summed E-state index contributed by atoms with van der Waals surface area (Å²) in [6.45, 7) is -0.750. The van der Waals surface area contributed by atoms with E-state index < -0.39 is 83.7 Å². The molecule has 1 aliphatic carbocycles. The molecule has 0 aromatic heterocycles. The Morgan fingerprint density at radius 2 is 1.07 bits per heavy atom. The number of rotatable bonds is 22. The number of ether oxygens (including phenoxy) is 2. The van der Waals surface area contributed by atoms with E-state index in [1.54, 1.807) is 6.92 Å². The van der Waals surface area contributed by atoms with E-state index in [0.29, 0.717) is 0 Å². The van der Waals surface area contributed by atoms with Gasteiger partial charge in [-0.25, -0.2) is 28.9 Å². The highest BCUT2D eigenvalue weighted by Crippen LogP contribution is 2.48. The largest absolute Gasteiger partial charge is 0.543 e. The molecule has 0 aliphatic heterocycles. The number of phosphoric ester groups is 2. The van der Waals surface area contributed by atoms with Crippen LogP contribution in [0.5, 0.6) is 0 Å². The Bertz CT molecular complexity index is 1570. The zero-order valence-electron chi connectivity index (χ0n) is 25.9. The van der Waals surface area contributed by atoms with Gasteiger partial charge in [0.25, 0.3) is 0 Å². The molecule has 0 heterocycles. The van der Waals surface area contributed by atoms with Crippen molar-refractivity contribution >= 4 is 27.8 Å². The third-order valence-electron chi connectivity index (χ3n) is 4.78. The quantitative estimate of drug-likeness (QED) is 0.00985. The Labute approximate surface area is 297 Å². The Balaban J connectivity index is 2.80.